The molecule has 2 nitrogen and oxygen atoms in total. The first-order chi connectivity index (χ1) is 6.36. The standard InChI is InChI=1S/C11H13NO/c13-11-3-1-9(2-4-11)10-5-7-12-8-6-10/h1,5,7H,2-4,6,8H2. The van der Waals surface area contributed by atoms with Crippen molar-refractivity contribution in [2.45, 2.75) is 25.7 Å². The number of hydrogen-bond donors (Lipinski definition) is 0. The van der Waals surface area contributed by atoms with Crippen LogP contribution >= 0.6 is 0 Å². The van der Waals surface area contributed by atoms with Crippen LogP contribution in [0.2, 0.25) is 0 Å². The van der Waals surface area contributed by atoms with E-state index in [0.29, 0.717) is 12.2 Å². The zero-order chi connectivity index (χ0) is 9.10. The highest BCUT2D eigenvalue weighted by Crippen LogP contribution is 2.25. The molecule has 1 heterocycles. The first kappa shape index (κ1) is 8.42. The third-order valence-corrected chi connectivity index (χ3v) is 2.55. The lowest BCUT2D eigenvalue weighted by molar-refractivity contribution is -0.118. The van der Waals surface area contributed by atoms with Gasteiger partial charge in [0.2, 0.25) is 0 Å². The molecule has 0 aromatic carbocycles. The third kappa shape index (κ3) is 1.94. The highest BCUT2D eigenvalue weighted by Gasteiger charge is 2.13. The van der Waals surface area contributed by atoms with E-state index in [1.165, 1.54) is 11.1 Å². The fraction of sp³-hybridized carbons (Fsp3) is 0.455. The summed E-state index contributed by atoms with van der Waals surface area (Å²) in [4.78, 5) is 15.1. The molecule has 0 spiro atoms. The van der Waals surface area contributed by atoms with Crippen LogP contribution in [-0.2, 0) is 4.79 Å². The van der Waals surface area contributed by atoms with Gasteiger partial charge in [-0.25, -0.2) is 0 Å². The Labute approximate surface area is 78.1 Å². The molecule has 68 valence electrons. The van der Waals surface area contributed by atoms with Crippen molar-refractivity contribution in [1.29, 1.82) is 0 Å². The Balaban J connectivity index is 2.12. The van der Waals surface area contributed by atoms with Crippen molar-refractivity contribution in [3.8, 4) is 0 Å². The second-order valence-electron chi connectivity index (χ2n) is 3.47. The van der Waals surface area contributed by atoms with Crippen molar-refractivity contribution in [2.75, 3.05) is 6.54 Å². The van der Waals surface area contributed by atoms with Crippen LogP contribution in [0.25, 0.3) is 0 Å². The van der Waals surface area contributed by atoms with E-state index < -0.39 is 0 Å². The second kappa shape index (κ2) is 3.69. The fourth-order valence-corrected chi connectivity index (χ4v) is 1.76. The van der Waals surface area contributed by atoms with Crippen LogP contribution in [0, 0.1) is 0 Å². The normalized spacial score (nSPS) is 22.6. The number of hydrogen-bond acceptors (Lipinski definition) is 2. The minimum Gasteiger partial charge on any atom is -0.299 e. The van der Waals surface area contributed by atoms with Gasteiger partial charge >= 0.3 is 0 Å². The molecular weight excluding hydrogens is 162 g/mol. The number of rotatable bonds is 1. The zero-order valence-electron chi connectivity index (χ0n) is 7.62. The van der Waals surface area contributed by atoms with Gasteiger partial charge in [-0.15, -0.1) is 0 Å². The molecule has 0 fully saturated rings. The predicted molar refractivity (Wildman–Crippen MR) is 53.0 cm³/mol. The molecule has 0 N–H and O–H groups in total. The van der Waals surface area contributed by atoms with Gasteiger partial charge in [-0.05, 0) is 30.1 Å². The van der Waals surface area contributed by atoms with Crippen LogP contribution < -0.4 is 0 Å². The number of nitrogens with zero attached hydrogens (tertiary/aromatic N) is 1. The molecule has 0 saturated carbocycles. The molecule has 1 aliphatic heterocycles. The molecule has 0 aromatic heterocycles. The lowest BCUT2D eigenvalue weighted by Gasteiger charge is -2.16. The van der Waals surface area contributed by atoms with Gasteiger partial charge in [-0.3, -0.25) is 9.79 Å². The summed E-state index contributed by atoms with van der Waals surface area (Å²) in [6, 6.07) is 0. The number of carbonyl (C=O) groups is 1. The molecule has 13 heavy (non-hydrogen) atoms. The molecule has 0 unspecified atom stereocenters. The van der Waals surface area contributed by atoms with Gasteiger partial charge in [0.25, 0.3) is 0 Å². The van der Waals surface area contributed by atoms with Gasteiger partial charge < -0.3 is 0 Å². The van der Waals surface area contributed by atoms with Gasteiger partial charge in [-0.2, -0.15) is 0 Å². The summed E-state index contributed by atoms with van der Waals surface area (Å²) in [6.45, 7) is 0.900. The molecule has 2 rings (SSSR count). The van der Waals surface area contributed by atoms with E-state index in [0.717, 1.165) is 25.8 Å². The van der Waals surface area contributed by atoms with E-state index in [2.05, 4.69) is 17.1 Å². The summed E-state index contributed by atoms with van der Waals surface area (Å²) >= 11 is 0. The molecule has 1 aliphatic carbocycles. The Morgan fingerprint density at radius 3 is 2.69 bits per heavy atom. The second-order valence-corrected chi connectivity index (χ2v) is 3.47. The van der Waals surface area contributed by atoms with Crippen LogP contribution in [-0.4, -0.2) is 18.5 Å². The molecular formula is C11H13NO. The van der Waals surface area contributed by atoms with Crippen molar-refractivity contribution in [3.05, 3.63) is 23.3 Å². The van der Waals surface area contributed by atoms with E-state index in [1.807, 2.05) is 6.21 Å². The molecule has 2 aliphatic rings. The topological polar surface area (TPSA) is 29.4 Å². The minimum absolute atomic E-state index is 0.369. The van der Waals surface area contributed by atoms with Crippen molar-refractivity contribution < 1.29 is 4.79 Å². The molecule has 0 aromatic rings. The molecule has 2 heteroatoms. The van der Waals surface area contributed by atoms with Gasteiger partial charge in [0.1, 0.15) is 5.78 Å². The van der Waals surface area contributed by atoms with Crippen LogP contribution in [0.15, 0.2) is 28.3 Å². The molecule has 0 radical (unpaired) electrons. The number of Topliss-reactive ketones (excluding diaryl/α,β-unsaturated/α-hetero) is 1. The molecule has 0 saturated heterocycles. The fourth-order valence-electron chi connectivity index (χ4n) is 1.76. The Kier molecular flexibility index (Phi) is 2.39. The van der Waals surface area contributed by atoms with Gasteiger partial charge in [0.05, 0.1) is 0 Å². The number of ketones is 1. The lowest BCUT2D eigenvalue weighted by Crippen LogP contribution is -2.07. The average Bonchev–Trinajstić information content (AvgIpc) is 2.20. The summed E-state index contributed by atoms with van der Waals surface area (Å²) in [7, 11) is 0. The van der Waals surface area contributed by atoms with E-state index in [9.17, 15) is 4.79 Å². The largest absolute Gasteiger partial charge is 0.299 e. The predicted octanol–water partition coefficient (Wildman–Crippen LogP) is 2.07. The Morgan fingerprint density at radius 1 is 1.15 bits per heavy atom. The summed E-state index contributed by atoms with van der Waals surface area (Å²) in [6.07, 6.45) is 9.34. The van der Waals surface area contributed by atoms with Crippen LogP contribution in [0.1, 0.15) is 25.7 Å². The first-order valence-corrected chi connectivity index (χ1v) is 4.76. The van der Waals surface area contributed by atoms with Crippen molar-refractivity contribution in [2.24, 2.45) is 4.99 Å². The zero-order valence-corrected chi connectivity index (χ0v) is 7.62. The average molecular weight is 175 g/mol. The summed E-state index contributed by atoms with van der Waals surface area (Å²) in [5.74, 6) is 0.369. The highest BCUT2D eigenvalue weighted by atomic mass is 16.1. The number of allylic oxidation sites excluding steroid dienone is 3. The smallest absolute Gasteiger partial charge is 0.137 e. The van der Waals surface area contributed by atoms with Crippen LogP contribution in [0.3, 0.4) is 0 Å². The van der Waals surface area contributed by atoms with Gasteiger partial charge in [0.15, 0.2) is 0 Å². The van der Waals surface area contributed by atoms with Crippen molar-refractivity contribution in [3.63, 3.8) is 0 Å². The summed E-state index contributed by atoms with van der Waals surface area (Å²) < 4.78 is 0. The highest BCUT2D eigenvalue weighted by molar-refractivity contribution is 5.82. The Bertz CT molecular complexity index is 310. The molecule has 0 atom stereocenters. The lowest BCUT2D eigenvalue weighted by atomic mass is 9.90. The van der Waals surface area contributed by atoms with Crippen molar-refractivity contribution >= 4 is 12.0 Å². The maximum absolute atomic E-state index is 11.0. The van der Waals surface area contributed by atoms with Crippen LogP contribution in [0.4, 0.5) is 0 Å². The maximum atomic E-state index is 11.0. The maximum Gasteiger partial charge on any atom is 0.137 e. The van der Waals surface area contributed by atoms with Gasteiger partial charge in [-0.1, -0.05) is 6.08 Å². The van der Waals surface area contributed by atoms with E-state index in [1.54, 1.807) is 0 Å². The first-order valence-electron chi connectivity index (χ1n) is 4.76. The third-order valence-electron chi connectivity index (χ3n) is 2.55. The van der Waals surface area contributed by atoms with E-state index >= 15 is 0 Å². The minimum atomic E-state index is 0.369. The number of carbonyl (C=O) groups excluding carboxylic acids is 1. The van der Waals surface area contributed by atoms with Crippen LogP contribution in [0.5, 0.6) is 0 Å². The monoisotopic (exact) mass is 175 g/mol. The SMILES string of the molecule is O=C1CC=C(C2=CC=NCC2)CC1. The summed E-state index contributed by atoms with van der Waals surface area (Å²) in [5, 5.41) is 0. The molecule has 0 bridgehead atoms. The Morgan fingerprint density at radius 2 is 2.08 bits per heavy atom. The Hall–Kier alpha value is -1.18. The van der Waals surface area contributed by atoms with Gasteiger partial charge in [0, 0.05) is 25.6 Å². The van der Waals surface area contributed by atoms with Crippen molar-refractivity contribution in [1.82, 2.24) is 0 Å². The quantitative estimate of drug-likeness (QED) is 0.599. The summed E-state index contributed by atoms with van der Waals surface area (Å²) in [5.41, 5.74) is 2.74. The number of dihydropyridines is 1. The van der Waals surface area contributed by atoms with E-state index in [4.69, 9.17) is 0 Å². The van der Waals surface area contributed by atoms with E-state index in [-0.39, 0.29) is 0 Å². The molecule has 0 amide bonds. The number of aliphatic imine (C=N–C) groups is 1.